The summed E-state index contributed by atoms with van der Waals surface area (Å²) in [5.41, 5.74) is 3.04. The smallest absolute Gasteiger partial charge is 0.152 e. The molecule has 0 spiro atoms. The molecule has 4 nitrogen and oxygen atoms in total. The van der Waals surface area contributed by atoms with E-state index in [0.717, 1.165) is 28.0 Å². The molecule has 0 saturated carbocycles. The third-order valence-electron chi connectivity index (χ3n) is 3.58. The quantitative estimate of drug-likeness (QED) is 0.617. The van der Waals surface area contributed by atoms with Crippen LogP contribution in [0.5, 0.6) is 0 Å². The molecule has 23 heavy (non-hydrogen) atoms. The predicted octanol–water partition coefficient (Wildman–Crippen LogP) is 4.19. The zero-order chi connectivity index (χ0) is 15.5. The van der Waals surface area contributed by atoms with Gasteiger partial charge >= 0.3 is 0 Å². The van der Waals surface area contributed by atoms with Crippen LogP contribution in [0.3, 0.4) is 0 Å². The van der Waals surface area contributed by atoms with Crippen LogP contribution in [0.1, 0.15) is 11.6 Å². The van der Waals surface area contributed by atoms with Crippen molar-refractivity contribution in [3.8, 4) is 11.3 Å². The Morgan fingerprint density at radius 2 is 1.61 bits per heavy atom. The summed E-state index contributed by atoms with van der Waals surface area (Å²) < 4.78 is 0. The average molecular weight is 298 g/mol. The minimum Gasteiger partial charge on any atom is -0.338 e. The van der Waals surface area contributed by atoms with Gasteiger partial charge in [0.05, 0.1) is 17.4 Å². The molecule has 4 heteroatoms. The van der Waals surface area contributed by atoms with Gasteiger partial charge in [-0.2, -0.15) is 0 Å². The number of fused-ring (bicyclic) bond motifs is 1. The molecule has 0 aliphatic carbocycles. The molecule has 0 fully saturated rings. The van der Waals surface area contributed by atoms with Crippen molar-refractivity contribution < 1.29 is 0 Å². The van der Waals surface area contributed by atoms with Crippen molar-refractivity contribution in [1.82, 2.24) is 19.9 Å². The molecule has 4 aromatic rings. The van der Waals surface area contributed by atoms with E-state index >= 15 is 0 Å². The highest BCUT2D eigenvalue weighted by Crippen LogP contribution is 2.17. The van der Waals surface area contributed by atoms with Gasteiger partial charge < -0.3 is 4.98 Å². The summed E-state index contributed by atoms with van der Waals surface area (Å²) in [6, 6.07) is 18.1. The van der Waals surface area contributed by atoms with Gasteiger partial charge in [-0.05, 0) is 23.8 Å². The highest BCUT2D eigenvalue weighted by Gasteiger charge is 2.01. The van der Waals surface area contributed by atoms with Gasteiger partial charge in [0.15, 0.2) is 5.82 Å². The fourth-order valence-corrected chi connectivity index (χ4v) is 2.41. The molecule has 2 aromatic carbocycles. The van der Waals surface area contributed by atoms with Crippen molar-refractivity contribution in [3.05, 3.63) is 78.6 Å². The van der Waals surface area contributed by atoms with Crippen LogP contribution in [0.25, 0.3) is 34.3 Å². The molecule has 0 saturated heterocycles. The predicted molar refractivity (Wildman–Crippen MR) is 92.5 cm³/mol. The van der Waals surface area contributed by atoms with Crippen LogP contribution in [-0.4, -0.2) is 19.9 Å². The number of aromatic amines is 1. The lowest BCUT2D eigenvalue weighted by atomic mass is 10.2. The van der Waals surface area contributed by atoms with Crippen molar-refractivity contribution in [2.45, 2.75) is 0 Å². The lowest BCUT2D eigenvalue weighted by Crippen LogP contribution is -1.88. The van der Waals surface area contributed by atoms with E-state index in [-0.39, 0.29) is 0 Å². The molecule has 0 amide bonds. The minimum absolute atomic E-state index is 0.668. The van der Waals surface area contributed by atoms with Crippen LogP contribution in [0.2, 0.25) is 0 Å². The monoisotopic (exact) mass is 298 g/mol. The maximum absolute atomic E-state index is 4.52. The van der Waals surface area contributed by atoms with E-state index in [2.05, 4.69) is 19.9 Å². The van der Waals surface area contributed by atoms with Crippen LogP contribution in [-0.2, 0) is 0 Å². The van der Waals surface area contributed by atoms with E-state index in [9.17, 15) is 0 Å². The number of nitrogens with zero attached hydrogens (tertiary/aromatic N) is 3. The Bertz CT molecular complexity index is 971. The molecule has 2 aromatic heterocycles. The standard InChI is InChI=1S/C19H14N4/c1-2-6-14(7-3-1)17-13-21-19(23-17)11-10-18-20-12-15-8-4-5-9-16(15)22-18/h1-13H,(H,21,23). The molecule has 0 aliphatic rings. The zero-order valence-electron chi connectivity index (χ0n) is 12.3. The molecule has 0 radical (unpaired) electrons. The average Bonchev–Trinajstić information content (AvgIpc) is 3.10. The number of nitrogens with one attached hydrogen (secondary N) is 1. The fourth-order valence-electron chi connectivity index (χ4n) is 2.41. The second-order valence-electron chi connectivity index (χ2n) is 5.17. The van der Waals surface area contributed by atoms with Crippen LogP contribution in [0.15, 0.2) is 67.0 Å². The first-order valence-corrected chi connectivity index (χ1v) is 7.39. The molecule has 1 N–H and O–H groups in total. The Hall–Kier alpha value is -3.27. The summed E-state index contributed by atoms with van der Waals surface area (Å²) in [4.78, 5) is 16.5. The summed E-state index contributed by atoms with van der Waals surface area (Å²) in [6.07, 6.45) is 7.41. The third kappa shape index (κ3) is 2.87. The maximum Gasteiger partial charge on any atom is 0.152 e. The van der Waals surface area contributed by atoms with Crippen molar-refractivity contribution in [2.24, 2.45) is 0 Å². The van der Waals surface area contributed by atoms with Crippen molar-refractivity contribution in [3.63, 3.8) is 0 Å². The molecular formula is C19H14N4. The number of aromatic nitrogens is 4. The maximum atomic E-state index is 4.52. The van der Waals surface area contributed by atoms with Crippen LogP contribution in [0, 0.1) is 0 Å². The Kier molecular flexibility index (Phi) is 3.41. The number of para-hydroxylation sites is 1. The summed E-state index contributed by atoms with van der Waals surface area (Å²) in [7, 11) is 0. The van der Waals surface area contributed by atoms with Gasteiger partial charge in [0, 0.05) is 11.6 Å². The molecular weight excluding hydrogens is 284 g/mol. The summed E-state index contributed by atoms with van der Waals surface area (Å²) in [6.45, 7) is 0. The highest BCUT2D eigenvalue weighted by atomic mass is 14.9. The van der Waals surface area contributed by atoms with Gasteiger partial charge in [-0.25, -0.2) is 15.0 Å². The summed E-state index contributed by atoms with van der Waals surface area (Å²) in [5, 5.41) is 1.04. The normalized spacial score (nSPS) is 11.3. The highest BCUT2D eigenvalue weighted by molar-refractivity contribution is 5.78. The van der Waals surface area contributed by atoms with Crippen LogP contribution < -0.4 is 0 Å². The fraction of sp³-hybridized carbons (Fsp3) is 0. The Balaban J connectivity index is 1.59. The van der Waals surface area contributed by atoms with Gasteiger partial charge in [-0.1, -0.05) is 48.5 Å². The Morgan fingerprint density at radius 1 is 0.783 bits per heavy atom. The van der Waals surface area contributed by atoms with E-state index < -0.39 is 0 Å². The van der Waals surface area contributed by atoms with Gasteiger partial charge in [-0.15, -0.1) is 0 Å². The Morgan fingerprint density at radius 3 is 2.52 bits per heavy atom. The number of imidazole rings is 1. The van der Waals surface area contributed by atoms with E-state index in [1.807, 2.05) is 79.1 Å². The first-order chi connectivity index (χ1) is 11.4. The third-order valence-corrected chi connectivity index (χ3v) is 3.58. The lowest BCUT2D eigenvalue weighted by Gasteiger charge is -1.97. The van der Waals surface area contributed by atoms with E-state index in [1.165, 1.54) is 0 Å². The minimum atomic E-state index is 0.668. The Labute approximate surface area is 133 Å². The second-order valence-corrected chi connectivity index (χ2v) is 5.17. The number of rotatable bonds is 3. The van der Waals surface area contributed by atoms with Crippen molar-refractivity contribution in [1.29, 1.82) is 0 Å². The number of H-pyrrole nitrogens is 1. The molecule has 0 aliphatic heterocycles. The van der Waals surface area contributed by atoms with E-state index in [4.69, 9.17) is 0 Å². The van der Waals surface area contributed by atoms with Crippen LogP contribution in [0.4, 0.5) is 0 Å². The zero-order valence-corrected chi connectivity index (χ0v) is 12.3. The molecule has 0 bridgehead atoms. The van der Waals surface area contributed by atoms with Gasteiger partial charge in [0.1, 0.15) is 5.82 Å². The SMILES string of the molecule is C(=Cc1ncc(-c2ccccc2)[nH]1)c1ncc2ccccc2n1. The number of hydrogen-bond donors (Lipinski definition) is 1. The summed E-state index contributed by atoms with van der Waals surface area (Å²) >= 11 is 0. The van der Waals surface area contributed by atoms with Gasteiger partial charge in [0.25, 0.3) is 0 Å². The molecule has 0 unspecified atom stereocenters. The number of benzene rings is 2. The number of hydrogen-bond acceptors (Lipinski definition) is 3. The first-order valence-electron chi connectivity index (χ1n) is 7.39. The molecule has 0 atom stereocenters. The van der Waals surface area contributed by atoms with Gasteiger partial charge in [0.2, 0.25) is 0 Å². The van der Waals surface area contributed by atoms with Crippen molar-refractivity contribution >= 4 is 23.1 Å². The topological polar surface area (TPSA) is 54.5 Å². The lowest BCUT2D eigenvalue weighted by molar-refractivity contribution is 1.18. The van der Waals surface area contributed by atoms with E-state index in [1.54, 1.807) is 0 Å². The van der Waals surface area contributed by atoms with Crippen LogP contribution >= 0.6 is 0 Å². The molecule has 2 heterocycles. The largest absolute Gasteiger partial charge is 0.338 e. The van der Waals surface area contributed by atoms with E-state index in [0.29, 0.717) is 5.82 Å². The molecule has 4 rings (SSSR count). The van der Waals surface area contributed by atoms with Crippen molar-refractivity contribution in [2.75, 3.05) is 0 Å². The van der Waals surface area contributed by atoms with Gasteiger partial charge in [-0.3, -0.25) is 0 Å². The molecule has 110 valence electrons. The first kappa shape index (κ1) is 13.4. The second kappa shape index (κ2) is 5.85. The summed E-state index contributed by atoms with van der Waals surface area (Å²) in [5.74, 6) is 1.45.